The first-order chi connectivity index (χ1) is 12.2. The Hall–Kier alpha value is -1.66. The van der Waals surface area contributed by atoms with Crippen molar-refractivity contribution in [2.45, 2.75) is 38.6 Å². The van der Waals surface area contributed by atoms with Crippen LogP contribution in [0.4, 0.5) is 0 Å². The molecule has 25 heavy (non-hydrogen) atoms. The van der Waals surface area contributed by atoms with Crippen molar-refractivity contribution in [3.63, 3.8) is 0 Å². The van der Waals surface area contributed by atoms with E-state index in [1.165, 1.54) is 25.9 Å². The average Bonchev–Trinajstić information content (AvgIpc) is 2.63. The molecule has 1 aromatic carbocycles. The van der Waals surface area contributed by atoms with E-state index in [-0.39, 0.29) is 5.91 Å². The first-order valence-corrected chi connectivity index (χ1v) is 9.63. The Balaban J connectivity index is 1.47. The van der Waals surface area contributed by atoms with E-state index in [0.717, 1.165) is 25.1 Å². The van der Waals surface area contributed by atoms with Crippen LogP contribution in [0.25, 0.3) is 0 Å². The molecule has 3 fully saturated rings. The molecule has 3 aliphatic rings. The molecule has 0 aliphatic carbocycles. The lowest BCUT2D eigenvalue weighted by molar-refractivity contribution is 0.0807. The van der Waals surface area contributed by atoms with Gasteiger partial charge in [0.15, 0.2) is 5.11 Å². The third-order valence-electron chi connectivity index (χ3n) is 5.08. The van der Waals surface area contributed by atoms with Gasteiger partial charge < -0.3 is 15.0 Å². The number of carbonyl (C=O) groups excluding carboxylic acids is 1. The number of amides is 1. The number of rotatable bonds is 6. The lowest BCUT2D eigenvalue weighted by atomic mass is 9.84. The van der Waals surface area contributed by atoms with Crippen LogP contribution in [0, 0.1) is 5.92 Å². The average molecular weight is 362 g/mol. The zero-order valence-corrected chi connectivity index (χ0v) is 15.6. The highest BCUT2D eigenvalue weighted by Gasteiger charge is 2.34. The third-order valence-corrected chi connectivity index (χ3v) is 5.30. The number of carbonyl (C=O) groups is 1. The van der Waals surface area contributed by atoms with Crippen LogP contribution >= 0.6 is 12.2 Å². The Morgan fingerprint density at radius 2 is 2.00 bits per heavy atom. The first-order valence-electron chi connectivity index (χ1n) is 9.22. The van der Waals surface area contributed by atoms with Crippen LogP contribution in [0.5, 0.6) is 5.75 Å². The van der Waals surface area contributed by atoms with Crippen molar-refractivity contribution in [2.75, 3.05) is 26.2 Å². The molecule has 1 atom stereocenters. The van der Waals surface area contributed by atoms with Gasteiger partial charge in [0.25, 0.3) is 5.91 Å². The minimum absolute atomic E-state index is 0.182. The highest BCUT2D eigenvalue weighted by Crippen LogP contribution is 2.27. The molecule has 1 unspecified atom stereocenters. The number of piperidine rings is 3. The van der Waals surface area contributed by atoms with Gasteiger partial charge in [0.05, 0.1) is 6.61 Å². The molecule has 0 spiro atoms. The van der Waals surface area contributed by atoms with Gasteiger partial charge in [0.1, 0.15) is 5.75 Å². The molecule has 3 aliphatic heterocycles. The van der Waals surface area contributed by atoms with Gasteiger partial charge in [0, 0.05) is 18.2 Å². The van der Waals surface area contributed by atoms with Crippen molar-refractivity contribution < 1.29 is 9.53 Å². The SMILES string of the molecule is CCCCOc1ccc(C(=O)NC(=S)NC2CN3CCC2CC3)cc1. The summed E-state index contributed by atoms with van der Waals surface area (Å²) >= 11 is 5.34. The number of hydrogen-bond donors (Lipinski definition) is 2. The zero-order valence-electron chi connectivity index (χ0n) is 14.8. The molecular weight excluding hydrogens is 334 g/mol. The fourth-order valence-electron chi connectivity index (χ4n) is 3.55. The molecule has 3 heterocycles. The van der Waals surface area contributed by atoms with Crippen molar-refractivity contribution in [2.24, 2.45) is 5.92 Å². The number of unbranched alkanes of at least 4 members (excludes halogenated alkanes) is 1. The monoisotopic (exact) mass is 361 g/mol. The summed E-state index contributed by atoms with van der Waals surface area (Å²) in [4.78, 5) is 14.8. The number of ether oxygens (including phenoxy) is 1. The largest absolute Gasteiger partial charge is 0.494 e. The fraction of sp³-hybridized carbons (Fsp3) is 0.579. The van der Waals surface area contributed by atoms with Crippen molar-refractivity contribution in [3.8, 4) is 5.75 Å². The lowest BCUT2D eigenvalue weighted by Crippen LogP contribution is -2.59. The first kappa shape index (κ1) is 18.1. The predicted molar refractivity (Wildman–Crippen MR) is 103 cm³/mol. The van der Waals surface area contributed by atoms with E-state index in [2.05, 4.69) is 22.5 Å². The summed E-state index contributed by atoms with van der Waals surface area (Å²) in [7, 11) is 0. The lowest BCUT2D eigenvalue weighted by Gasteiger charge is -2.45. The van der Waals surface area contributed by atoms with Crippen molar-refractivity contribution in [3.05, 3.63) is 29.8 Å². The van der Waals surface area contributed by atoms with Gasteiger partial charge in [-0.2, -0.15) is 0 Å². The molecule has 2 bridgehead atoms. The van der Waals surface area contributed by atoms with Crippen molar-refractivity contribution >= 4 is 23.2 Å². The molecule has 4 rings (SSSR count). The molecule has 3 saturated heterocycles. The molecule has 5 nitrogen and oxygen atoms in total. The van der Waals surface area contributed by atoms with Crippen LogP contribution in [0.1, 0.15) is 43.0 Å². The van der Waals surface area contributed by atoms with Crippen LogP contribution in [-0.4, -0.2) is 48.2 Å². The Labute approximate surface area is 155 Å². The second-order valence-corrected chi connectivity index (χ2v) is 7.31. The van der Waals surface area contributed by atoms with E-state index in [9.17, 15) is 4.79 Å². The number of hydrogen-bond acceptors (Lipinski definition) is 4. The number of nitrogens with one attached hydrogen (secondary N) is 2. The van der Waals surface area contributed by atoms with Crippen molar-refractivity contribution in [1.29, 1.82) is 0 Å². The van der Waals surface area contributed by atoms with Gasteiger partial charge in [-0.25, -0.2) is 0 Å². The maximum absolute atomic E-state index is 12.3. The smallest absolute Gasteiger partial charge is 0.257 e. The summed E-state index contributed by atoms with van der Waals surface area (Å²) < 4.78 is 5.62. The van der Waals surface area contributed by atoms with Crippen molar-refractivity contribution in [1.82, 2.24) is 15.5 Å². The third kappa shape index (κ3) is 4.92. The maximum Gasteiger partial charge on any atom is 0.257 e. The molecule has 1 aromatic rings. The van der Waals surface area contributed by atoms with E-state index in [1.54, 1.807) is 12.1 Å². The van der Waals surface area contributed by atoms with E-state index < -0.39 is 0 Å². The fourth-order valence-corrected chi connectivity index (χ4v) is 3.79. The quantitative estimate of drug-likeness (QED) is 0.602. The molecule has 6 heteroatoms. The molecule has 0 saturated carbocycles. The molecular formula is C19H27N3O2S. The summed E-state index contributed by atoms with van der Waals surface area (Å²) in [6.45, 7) is 6.23. The zero-order chi connectivity index (χ0) is 17.6. The molecule has 2 N–H and O–H groups in total. The Kier molecular flexibility index (Phi) is 6.26. The minimum Gasteiger partial charge on any atom is -0.494 e. The van der Waals surface area contributed by atoms with Gasteiger partial charge in [0.2, 0.25) is 0 Å². The number of fused-ring (bicyclic) bond motifs is 3. The Bertz CT molecular complexity index is 597. The summed E-state index contributed by atoms with van der Waals surface area (Å²) in [5.41, 5.74) is 0.584. The van der Waals surface area contributed by atoms with Gasteiger partial charge in [-0.1, -0.05) is 13.3 Å². The van der Waals surface area contributed by atoms with Gasteiger partial charge in [-0.15, -0.1) is 0 Å². The second-order valence-electron chi connectivity index (χ2n) is 6.90. The van der Waals surface area contributed by atoms with E-state index in [0.29, 0.717) is 29.2 Å². The standard InChI is InChI=1S/C19H27N3O2S/c1-2-3-12-24-16-6-4-15(5-7-16)18(23)21-19(25)20-17-13-22-10-8-14(17)9-11-22/h4-7,14,17H,2-3,8-13H2,1H3,(H2,20,21,23,25). The summed E-state index contributed by atoms with van der Waals surface area (Å²) in [6, 6.07) is 7.55. The minimum atomic E-state index is -0.182. The molecule has 136 valence electrons. The van der Waals surface area contributed by atoms with Crippen LogP contribution < -0.4 is 15.4 Å². The van der Waals surface area contributed by atoms with Crippen LogP contribution in [0.15, 0.2) is 24.3 Å². The van der Waals surface area contributed by atoms with E-state index in [4.69, 9.17) is 17.0 Å². The normalized spacial score (nSPS) is 24.6. The van der Waals surface area contributed by atoms with Crippen LogP contribution in [-0.2, 0) is 0 Å². The predicted octanol–water partition coefficient (Wildman–Crippen LogP) is 2.56. The highest BCUT2D eigenvalue weighted by molar-refractivity contribution is 7.80. The summed E-state index contributed by atoms with van der Waals surface area (Å²) in [5.74, 6) is 1.27. The Morgan fingerprint density at radius 1 is 1.28 bits per heavy atom. The molecule has 0 aromatic heterocycles. The summed E-state index contributed by atoms with van der Waals surface area (Å²) in [6.07, 6.45) is 4.56. The topological polar surface area (TPSA) is 53.6 Å². The van der Waals surface area contributed by atoms with Gasteiger partial charge in [-0.05, 0) is 74.8 Å². The van der Waals surface area contributed by atoms with E-state index in [1.807, 2.05) is 12.1 Å². The highest BCUT2D eigenvalue weighted by atomic mass is 32.1. The Morgan fingerprint density at radius 3 is 2.60 bits per heavy atom. The van der Waals surface area contributed by atoms with Crippen LogP contribution in [0.2, 0.25) is 0 Å². The number of thiocarbonyl (C=S) groups is 1. The van der Waals surface area contributed by atoms with Gasteiger partial charge in [-0.3, -0.25) is 10.1 Å². The molecule has 0 radical (unpaired) electrons. The second kappa shape index (κ2) is 8.63. The van der Waals surface area contributed by atoms with Crippen LogP contribution in [0.3, 0.4) is 0 Å². The molecule has 1 amide bonds. The number of nitrogens with zero attached hydrogens (tertiary/aromatic N) is 1. The summed E-state index contributed by atoms with van der Waals surface area (Å²) in [5, 5.41) is 6.55. The maximum atomic E-state index is 12.3. The van der Waals surface area contributed by atoms with E-state index >= 15 is 0 Å². The number of benzene rings is 1. The van der Waals surface area contributed by atoms with Gasteiger partial charge >= 0.3 is 0 Å².